The molecule has 0 saturated heterocycles. The highest BCUT2D eigenvalue weighted by atomic mass is 19.1. The van der Waals surface area contributed by atoms with Crippen LogP contribution in [0.2, 0.25) is 0 Å². The lowest BCUT2D eigenvalue weighted by molar-refractivity contribution is -0.144. The van der Waals surface area contributed by atoms with Crippen LogP contribution in [0, 0.1) is 5.82 Å². The maximum absolute atomic E-state index is 13.1. The third-order valence-corrected chi connectivity index (χ3v) is 3.93. The van der Waals surface area contributed by atoms with Crippen molar-refractivity contribution in [2.75, 3.05) is 33.4 Å². The molecule has 0 aliphatic carbocycles. The molecule has 0 saturated carbocycles. The second kappa shape index (κ2) is 11.0. The number of methoxy groups -OCH3 is 1. The van der Waals surface area contributed by atoms with E-state index >= 15 is 0 Å². The monoisotopic (exact) mass is 389 g/mol. The van der Waals surface area contributed by atoms with Crippen LogP contribution in [0.15, 0.2) is 48.5 Å². The number of carbonyl (C=O) groups excluding carboxylic acids is 2. The molecule has 0 fully saturated rings. The highest BCUT2D eigenvalue weighted by Gasteiger charge is 2.13. The largest absolute Gasteiger partial charge is 0.492 e. The van der Waals surface area contributed by atoms with Crippen molar-refractivity contribution in [2.45, 2.75) is 13.5 Å². The molecule has 0 radical (unpaired) electrons. The highest BCUT2D eigenvalue weighted by Crippen LogP contribution is 2.13. The first kappa shape index (κ1) is 21.4. The minimum Gasteiger partial charge on any atom is -0.492 e. The van der Waals surface area contributed by atoms with Crippen molar-refractivity contribution in [1.29, 1.82) is 0 Å². The second-order valence-corrected chi connectivity index (χ2v) is 6.01. The predicted molar refractivity (Wildman–Crippen MR) is 102 cm³/mol. The summed E-state index contributed by atoms with van der Waals surface area (Å²) >= 11 is 0. The number of hydrogen-bond acceptors (Lipinski definition) is 6. The molecule has 0 spiro atoms. The van der Waals surface area contributed by atoms with Gasteiger partial charge in [-0.05, 0) is 48.9 Å². The van der Waals surface area contributed by atoms with E-state index in [4.69, 9.17) is 9.47 Å². The smallest absolute Gasteiger partial charge is 0.337 e. The maximum Gasteiger partial charge on any atom is 0.337 e. The Kier molecular flexibility index (Phi) is 8.42. The molecule has 0 atom stereocenters. The fourth-order valence-corrected chi connectivity index (χ4v) is 2.55. The van der Waals surface area contributed by atoms with E-state index in [0.717, 1.165) is 5.56 Å². The second-order valence-electron chi connectivity index (χ2n) is 6.01. The Hall–Kier alpha value is -2.93. The van der Waals surface area contributed by atoms with Gasteiger partial charge in [0.05, 0.1) is 25.8 Å². The summed E-state index contributed by atoms with van der Waals surface area (Å²) in [5.41, 5.74) is 1.32. The Morgan fingerprint density at radius 2 is 1.71 bits per heavy atom. The summed E-state index contributed by atoms with van der Waals surface area (Å²) in [6.07, 6.45) is 0. The molecule has 0 aliphatic rings. The van der Waals surface area contributed by atoms with Crippen LogP contribution >= 0.6 is 0 Å². The minimum absolute atomic E-state index is 0.107. The lowest BCUT2D eigenvalue weighted by Gasteiger charge is -2.21. The van der Waals surface area contributed by atoms with Gasteiger partial charge < -0.3 is 14.2 Å². The van der Waals surface area contributed by atoms with E-state index in [-0.39, 0.29) is 18.3 Å². The van der Waals surface area contributed by atoms with Gasteiger partial charge in [-0.3, -0.25) is 9.69 Å². The predicted octanol–water partition coefficient (Wildman–Crippen LogP) is 3.06. The average Bonchev–Trinajstić information content (AvgIpc) is 2.69. The van der Waals surface area contributed by atoms with Crippen LogP contribution in [0.5, 0.6) is 5.75 Å². The lowest BCUT2D eigenvalue weighted by atomic mass is 10.2. The molecule has 0 amide bonds. The summed E-state index contributed by atoms with van der Waals surface area (Å²) in [6.45, 7) is 3.43. The molecule has 0 aromatic heterocycles. The number of benzene rings is 2. The fourth-order valence-electron chi connectivity index (χ4n) is 2.55. The van der Waals surface area contributed by atoms with Crippen molar-refractivity contribution in [1.82, 2.24) is 4.90 Å². The van der Waals surface area contributed by atoms with Crippen molar-refractivity contribution in [3.63, 3.8) is 0 Å². The lowest BCUT2D eigenvalue weighted by Crippen LogP contribution is -2.34. The van der Waals surface area contributed by atoms with Crippen molar-refractivity contribution < 1.29 is 28.2 Å². The Labute approximate surface area is 163 Å². The number of carbonyl (C=O) groups is 2. The number of ether oxygens (including phenoxy) is 3. The Morgan fingerprint density at radius 3 is 2.32 bits per heavy atom. The van der Waals surface area contributed by atoms with Gasteiger partial charge in [-0.25, -0.2) is 9.18 Å². The summed E-state index contributed by atoms with van der Waals surface area (Å²) in [5, 5.41) is 0. The molecule has 150 valence electrons. The third-order valence-electron chi connectivity index (χ3n) is 3.93. The van der Waals surface area contributed by atoms with E-state index in [9.17, 15) is 14.0 Å². The maximum atomic E-state index is 13.1. The van der Waals surface area contributed by atoms with Gasteiger partial charge in [-0.1, -0.05) is 12.1 Å². The van der Waals surface area contributed by atoms with E-state index in [1.807, 2.05) is 4.90 Å². The molecule has 2 aromatic rings. The van der Waals surface area contributed by atoms with Crippen LogP contribution in [0.1, 0.15) is 22.8 Å². The van der Waals surface area contributed by atoms with Crippen LogP contribution in [-0.2, 0) is 20.8 Å². The molecule has 28 heavy (non-hydrogen) atoms. The topological polar surface area (TPSA) is 65.1 Å². The zero-order chi connectivity index (χ0) is 20.4. The van der Waals surface area contributed by atoms with Gasteiger partial charge in [0.2, 0.25) is 0 Å². The summed E-state index contributed by atoms with van der Waals surface area (Å²) in [5.74, 6) is -0.441. The number of esters is 2. The van der Waals surface area contributed by atoms with E-state index in [2.05, 4.69) is 4.74 Å². The van der Waals surface area contributed by atoms with Crippen LogP contribution in [-0.4, -0.2) is 50.3 Å². The van der Waals surface area contributed by atoms with Crippen molar-refractivity contribution in [2.24, 2.45) is 0 Å². The van der Waals surface area contributed by atoms with Gasteiger partial charge in [-0.2, -0.15) is 0 Å². The average molecular weight is 389 g/mol. The highest BCUT2D eigenvalue weighted by molar-refractivity contribution is 5.89. The van der Waals surface area contributed by atoms with Crippen LogP contribution in [0.25, 0.3) is 0 Å². The molecular weight excluding hydrogens is 365 g/mol. The minimum atomic E-state index is -0.411. The fraction of sp³-hybridized carbons (Fsp3) is 0.333. The van der Waals surface area contributed by atoms with Crippen LogP contribution in [0.3, 0.4) is 0 Å². The molecule has 0 N–H and O–H groups in total. The van der Waals surface area contributed by atoms with Crippen molar-refractivity contribution in [3.8, 4) is 5.75 Å². The molecule has 7 heteroatoms. The molecule has 0 aliphatic heterocycles. The van der Waals surface area contributed by atoms with E-state index in [1.165, 1.54) is 19.2 Å². The zero-order valence-corrected chi connectivity index (χ0v) is 16.0. The first-order chi connectivity index (χ1) is 13.5. The Bertz CT molecular complexity index is 761. The van der Waals surface area contributed by atoms with Gasteiger partial charge in [0.15, 0.2) is 0 Å². The number of halogens is 1. The summed E-state index contributed by atoms with van der Waals surface area (Å²) < 4.78 is 28.5. The van der Waals surface area contributed by atoms with Crippen LogP contribution in [0.4, 0.5) is 4.39 Å². The summed E-state index contributed by atoms with van der Waals surface area (Å²) in [4.78, 5) is 25.2. The van der Waals surface area contributed by atoms with Gasteiger partial charge in [0, 0.05) is 13.1 Å². The third kappa shape index (κ3) is 7.00. The summed E-state index contributed by atoms with van der Waals surface area (Å²) in [7, 11) is 1.33. The van der Waals surface area contributed by atoms with E-state index in [0.29, 0.717) is 37.6 Å². The van der Waals surface area contributed by atoms with Gasteiger partial charge in [0.1, 0.15) is 18.2 Å². The molecule has 6 nitrogen and oxygen atoms in total. The number of rotatable bonds is 10. The summed E-state index contributed by atoms with van der Waals surface area (Å²) in [6, 6.07) is 12.7. The first-order valence-corrected chi connectivity index (χ1v) is 8.95. The standard InChI is InChI=1S/C21H24FNO5/c1-3-27-20(24)15-23(14-16-4-8-18(22)9-5-16)12-13-28-19-10-6-17(7-11-19)21(25)26-2/h4-11H,3,12-15H2,1-2H3. The van der Waals surface area contributed by atoms with E-state index in [1.54, 1.807) is 43.3 Å². The normalized spacial score (nSPS) is 10.6. The molecular formula is C21H24FNO5. The first-order valence-electron chi connectivity index (χ1n) is 8.95. The van der Waals surface area contributed by atoms with E-state index < -0.39 is 5.97 Å². The zero-order valence-electron chi connectivity index (χ0n) is 16.0. The SMILES string of the molecule is CCOC(=O)CN(CCOc1ccc(C(=O)OC)cc1)Cc1ccc(F)cc1. The van der Waals surface area contributed by atoms with Crippen LogP contribution < -0.4 is 4.74 Å². The van der Waals surface area contributed by atoms with Gasteiger partial charge in [0.25, 0.3) is 0 Å². The molecule has 2 aromatic carbocycles. The molecule has 2 rings (SSSR count). The Morgan fingerprint density at radius 1 is 1.04 bits per heavy atom. The molecule has 0 bridgehead atoms. The van der Waals surface area contributed by atoms with Gasteiger partial charge in [-0.15, -0.1) is 0 Å². The van der Waals surface area contributed by atoms with Crippen molar-refractivity contribution >= 4 is 11.9 Å². The quantitative estimate of drug-likeness (QED) is 0.582. The van der Waals surface area contributed by atoms with Crippen molar-refractivity contribution in [3.05, 3.63) is 65.5 Å². The molecule has 0 heterocycles. The Balaban J connectivity index is 1.92. The number of nitrogens with zero attached hydrogens (tertiary/aromatic N) is 1. The number of hydrogen-bond donors (Lipinski definition) is 0. The molecule has 0 unspecified atom stereocenters. The van der Waals surface area contributed by atoms with Gasteiger partial charge >= 0.3 is 11.9 Å².